The van der Waals surface area contributed by atoms with Gasteiger partial charge in [-0.2, -0.15) is 9.97 Å². The first-order chi connectivity index (χ1) is 18.2. The zero-order valence-electron chi connectivity index (χ0n) is 21.4. The lowest BCUT2D eigenvalue weighted by Crippen LogP contribution is -2.38. The van der Waals surface area contributed by atoms with Crippen molar-refractivity contribution in [3.8, 4) is 17.4 Å². The summed E-state index contributed by atoms with van der Waals surface area (Å²) in [7, 11) is 3.11. The second kappa shape index (κ2) is 13.1. The zero-order valence-corrected chi connectivity index (χ0v) is 23.0. The van der Waals surface area contributed by atoms with E-state index in [1.165, 1.54) is 6.33 Å². The lowest BCUT2D eigenvalue weighted by atomic mass is 10.1. The molecule has 0 spiro atoms. The normalized spacial score (nSPS) is 19.2. The molecule has 2 saturated heterocycles. The van der Waals surface area contributed by atoms with Crippen LogP contribution < -0.4 is 19.1 Å². The van der Waals surface area contributed by atoms with E-state index in [9.17, 15) is 0 Å². The van der Waals surface area contributed by atoms with Crippen LogP contribution in [0.3, 0.4) is 0 Å². The molecule has 200 valence electrons. The van der Waals surface area contributed by atoms with E-state index >= 15 is 0 Å². The van der Waals surface area contributed by atoms with Gasteiger partial charge in [0.2, 0.25) is 23.7 Å². The summed E-state index contributed by atoms with van der Waals surface area (Å²) in [5.74, 6) is 2.56. The summed E-state index contributed by atoms with van der Waals surface area (Å²) in [6.07, 6.45) is 8.32. The molecule has 12 nitrogen and oxygen atoms in total. The Labute approximate surface area is 225 Å². The summed E-state index contributed by atoms with van der Waals surface area (Å²) in [4.78, 5) is 19.4. The Morgan fingerprint density at radius 3 is 2.41 bits per heavy atom. The lowest BCUT2D eigenvalue weighted by molar-refractivity contribution is 0.103. The fraction of sp³-hybridized carbons (Fsp3) is 0.565. The number of ether oxygens (including phenoxy) is 3. The van der Waals surface area contributed by atoms with Crippen LogP contribution in [-0.2, 0) is 4.74 Å². The number of methoxy groups -OCH3 is 2. The van der Waals surface area contributed by atoms with Crippen LogP contribution in [-0.4, -0.2) is 73.9 Å². The second-order valence-electron chi connectivity index (χ2n) is 8.09. The molecule has 5 rings (SSSR count). The van der Waals surface area contributed by atoms with Crippen LogP contribution in [0.2, 0.25) is 5.02 Å². The molecule has 2 aliphatic rings. The van der Waals surface area contributed by atoms with Gasteiger partial charge < -0.3 is 19.1 Å². The maximum atomic E-state index is 5.95. The van der Waals surface area contributed by atoms with Crippen LogP contribution in [0.15, 0.2) is 18.7 Å². The predicted octanol–water partition coefficient (Wildman–Crippen LogP) is 4.12. The number of halogens is 1. The molecule has 0 aliphatic carbocycles. The van der Waals surface area contributed by atoms with Crippen LogP contribution in [0.1, 0.15) is 51.5 Å². The van der Waals surface area contributed by atoms with Crippen molar-refractivity contribution in [2.75, 3.05) is 43.5 Å². The Morgan fingerprint density at radius 2 is 1.76 bits per heavy atom. The third kappa shape index (κ3) is 6.16. The first-order valence-corrected chi connectivity index (χ1v) is 13.6. The lowest BCUT2D eigenvalue weighted by Gasteiger charge is -2.32. The zero-order chi connectivity index (χ0) is 26.2. The van der Waals surface area contributed by atoms with Crippen molar-refractivity contribution in [1.82, 2.24) is 34.7 Å². The van der Waals surface area contributed by atoms with Gasteiger partial charge in [-0.3, -0.25) is 9.29 Å². The van der Waals surface area contributed by atoms with E-state index in [0.29, 0.717) is 46.8 Å². The van der Waals surface area contributed by atoms with Gasteiger partial charge in [-0.1, -0.05) is 25.4 Å². The van der Waals surface area contributed by atoms with Crippen LogP contribution in [0.25, 0.3) is 5.69 Å². The summed E-state index contributed by atoms with van der Waals surface area (Å²) in [6.45, 7) is 6.36. The van der Waals surface area contributed by atoms with Gasteiger partial charge in [-0.25, -0.2) is 9.97 Å². The fourth-order valence-electron chi connectivity index (χ4n) is 4.23. The summed E-state index contributed by atoms with van der Waals surface area (Å²) in [5, 5.41) is 9.70. The predicted molar refractivity (Wildman–Crippen MR) is 143 cm³/mol. The summed E-state index contributed by atoms with van der Waals surface area (Å²) in [5.41, 5.74) is 0.524. The maximum Gasteiger partial charge on any atom is 0.245 e. The monoisotopic (exact) mass is 549 g/mol. The Kier molecular flexibility index (Phi) is 9.58. The van der Waals surface area contributed by atoms with Gasteiger partial charge in [0.25, 0.3) is 0 Å². The van der Waals surface area contributed by atoms with Crippen LogP contribution in [0.5, 0.6) is 11.8 Å². The number of nitrogens with one attached hydrogen (secondary N) is 1. The molecular weight excluding hydrogens is 518 g/mol. The molecule has 5 heterocycles. The highest BCUT2D eigenvalue weighted by Gasteiger charge is 2.31. The van der Waals surface area contributed by atoms with E-state index in [0.717, 1.165) is 38.8 Å². The van der Waals surface area contributed by atoms with Gasteiger partial charge in [0.15, 0.2) is 11.5 Å². The average Bonchev–Trinajstić information content (AvgIpc) is 3.63. The van der Waals surface area contributed by atoms with Crippen molar-refractivity contribution in [1.29, 1.82) is 0 Å². The van der Waals surface area contributed by atoms with Crippen molar-refractivity contribution >= 4 is 35.4 Å². The average molecular weight is 550 g/mol. The number of hydrogen-bond donors (Lipinski definition) is 1. The minimum absolute atomic E-state index is 0.190. The van der Waals surface area contributed by atoms with Gasteiger partial charge in [-0.15, -0.1) is 10.2 Å². The van der Waals surface area contributed by atoms with Crippen molar-refractivity contribution in [2.24, 2.45) is 0 Å². The van der Waals surface area contributed by atoms with E-state index in [2.05, 4.69) is 39.8 Å². The van der Waals surface area contributed by atoms with E-state index < -0.39 is 0 Å². The summed E-state index contributed by atoms with van der Waals surface area (Å²) < 4.78 is 22.2. The number of aromatic nitrogens is 7. The Hall–Kier alpha value is -2.90. The topological polar surface area (TPSA) is 125 Å². The van der Waals surface area contributed by atoms with Crippen molar-refractivity contribution in [3.63, 3.8) is 0 Å². The molecular formula is C23H32ClN9O3S. The number of anilines is 2. The third-order valence-electron chi connectivity index (χ3n) is 5.86. The molecule has 0 bridgehead atoms. The molecule has 0 amide bonds. The Morgan fingerprint density at radius 1 is 1.03 bits per heavy atom. The Balaban J connectivity index is 0.00000156. The molecule has 3 aromatic heterocycles. The van der Waals surface area contributed by atoms with Crippen LogP contribution in [0, 0.1) is 0 Å². The van der Waals surface area contributed by atoms with Gasteiger partial charge in [0, 0.05) is 24.9 Å². The molecule has 2 atom stereocenters. The highest BCUT2D eigenvalue weighted by molar-refractivity contribution is 8.01. The molecule has 0 aromatic carbocycles. The standard InChI is InChI=1S/C21H26ClN9O3S.C2H6/c1-32-18-16(19(33-2)26-12-25-18)31-17(15-6-4-8-34-15)27-28-21(31)29-35-14-5-3-7-30(11-14)20-23-9-13(22)10-24-20;1-2/h9-10,12,14-15H,3-8,11H2,1-2H3,(H,28,29);1-2H3. The molecule has 2 fully saturated rings. The van der Waals surface area contributed by atoms with E-state index in [-0.39, 0.29) is 11.4 Å². The number of nitrogens with zero attached hydrogens (tertiary/aromatic N) is 8. The first kappa shape index (κ1) is 27.1. The molecule has 0 saturated carbocycles. The van der Waals surface area contributed by atoms with E-state index in [4.69, 9.17) is 25.8 Å². The molecule has 3 aromatic rings. The fourth-order valence-corrected chi connectivity index (χ4v) is 5.27. The van der Waals surface area contributed by atoms with Crippen molar-refractivity contribution < 1.29 is 14.2 Å². The van der Waals surface area contributed by atoms with E-state index in [1.807, 2.05) is 18.4 Å². The molecule has 37 heavy (non-hydrogen) atoms. The molecule has 2 aliphatic heterocycles. The SMILES string of the molecule is CC.COc1ncnc(OC)c1-n1c(NSC2CCCN(c3ncc(Cl)cn3)C2)nnc1C1CCCO1. The van der Waals surface area contributed by atoms with Crippen LogP contribution >= 0.6 is 23.5 Å². The molecule has 1 N–H and O–H groups in total. The van der Waals surface area contributed by atoms with Crippen molar-refractivity contribution in [3.05, 3.63) is 29.6 Å². The van der Waals surface area contributed by atoms with Crippen LogP contribution in [0.4, 0.5) is 11.9 Å². The maximum absolute atomic E-state index is 5.95. The number of piperidine rings is 1. The number of hydrogen-bond acceptors (Lipinski definition) is 12. The van der Waals surface area contributed by atoms with Crippen molar-refractivity contribution in [2.45, 2.75) is 50.9 Å². The quantitative estimate of drug-likeness (QED) is 0.406. The van der Waals surface area contributed by atoms with Gasteiger partial charge in [-0.05, 0) is 37.6 Å². The molecule has 0 radical (unpaired) electrons. The summed E-state index contributed by atoms with van der Waals surface area (Å²) >= 11 is 7.53. The van der Waals surface area contributed by atoms with Gasteiger partial charge >= 0.3 is 0 Å². The largest absolute Gasteiger partial charge is 0.479 e. The first-order valence-electron chi connectivity index (χ1n) is 12.3. The highest BCUT2D eigenvalue weighted by Crippen LogP contribution is 2.37. The minimum Gasteiger partial charge on any atom is -0.479 e. The third-order valence-corrected chi connectivity index (χ3v) is 7.07. The molecule has 2 unspecified atom stereocenters. The summed E-state index contributed by atoms with van der Waals surface area (Å²) in [6, 6.07) is 0. The highest BCUT2D eigenvalue weighted by atomic mass is 35.5. The number of rotatable bonds is 8. The van der Waals surface area contributed by atoms with Gasteiger partial charge in [0.1, 0.15) is 12.4 Å². The van der Waals surface area contributed by atoms with E-state index in [1.54, 1.807) is 38.6 Å². The minimum atomic E-state index is -0.190. The Bertz CT molecular complexity index is 1120. The second-order valence-corrected chi connectivity index (χ2v) is 9.63. The van der Waals surface area contributed by atoms with Gasteiger partial charge in [0.05, 0.1) is 31.6 Å². The smallest absolute Gasteiger partial charge is 0.245 e. The molecule has 14 heteroatoms.